The van der Waals surface area contributed by atoms with Gasteiger partial charge in [0.15, 0.2) is 0 Å². The van der Waals surface area contributed by atoms with Crippen LogP contribution in [-0.2, 0) is 6.54 Å². The van der Waals surface area contributed by atoms with Gasteiger partial charge in [0.1, 0.15) is 12.4 Å². The fourth-order valence-electron chi connectivity index (χ4n) is 3.04. The van der Waals surface area contributed by atoms with Crippen LogP contribution in [-0.4, -0.2) is 16.2 Å². The quantitative estimate of drug-likeness (QED) is 0.680. The molecule has 1 aliphatic carbocycles. The van der Waals surface area contributed by atoms with Crippen LogP contribution in [0.3, 0.4) is 0 Å². The van der Waals surface area contributed by atoms with E-state index in [2.05, 4.69) is 70.4 Å². The van der Waals surface area contributed by atoms with Crippen molar-refractivity contribution in [3.05, 3.63) is 84.4 Å². The van der Waals surface area contributed by atoms with Gasteiger partial charge in [-0.25, -0.2) is 0 Å². The standard InChI is InChI=1S/C21H20N2O/c1-2-4-18(5-3-1)16-24-20-6-7-21-19(14-20)10-13-23(21)15-17-8-11-22-12-9-17/h1-2,4,6-14H,3,5,15-16H2. The summed E-state index contributed by atoms with van der Waals surface area (Å²) in [6.07, 6.45) is 14.5. The average molecular weight is 316 g/mol. The number of hydrogen-bond donors (Lipinski definition) is 0. The van der Waals surface area contributed by atoms with Gasteiger partial charge in [-0.05, 0) is 60.4 Å². The van der Waals surface area contributed by atoms with Crippen molar-refractivity contribution in [3.63, 3.8) is 0 Å². The van der Waals surface area contributed by atoms with E-state index in [1.165, 1.54) is 22.0 Å². The summed E-state index contributed by atoms with van der Waals surface area (Å²) in [7, 11) is 0. The SMILES string of the molecule is C1=CCCC(COc2ccc3c(ccn3Cc3ccncc3)c2)=C1. The Morgan fingerprint density at radius 1 is 1.08 bits per heavy atom. The van der Waals surface area contributed by atoms with Gasteiger partial charge in [0, 0.05) is 36.0 Å². The normalized spacial score (nSPS) is 13.9. The minimum absolute atomic E-state index is 0.674. The lowest BCUT2D eigenvalue weighted by molar-refractivity contribution is 0.347. The number of rotatable bonds is 5. The molecular formula is C21H20N2O. The summed E-state index contributed by atoms with van der Waals surface area (Å²) in [6, 6.07) is 12.6. The Kier molecular flexibility index (Phi) is 4.15. The van der Waals surface area contributed by atoms with Gasteiger partial charge in [-0.3, -0.25) is 4.98 Å². The third-order valence-corrected chi connectivity index (χ3v) is 4.37. The van der Waals surface area contributed by atoms with Gasteiger partial charge in [0.25, 0.3) is 0 Å². The number of ether oxygens (including phenoxy) is 1. The maximum atomic E-state index is 5.96. The number of hydrogen-bond acceptors (Lipinski definition) is 2. The van der Waals surface area contributed by atoms with E-state index in [9.17, 15) is 0 Å². The monoisotopic (exact) mass is 316 g/mol. The molecule has 3 heteroatoms. The fraction of sp³-hybridized carbons (Fsp3) is 0.190. The van der Waals surface area contributed by atoms with Crippen molar-refractivity contribution in [1.29, 1.82) is 0 Å². The molecule has 0 amide bonds. The highest BCUT2D eigenvalue weighted by Crippen LogP contribution is 2.24. The number of pyridine rings is 1. The van der Waals surface area contributed by atoms with Crippen LogP contribution in [0.15, 0.2) is 78.8 Å². The Labute approximate surface area is 141 Å². The molecule has 1 aliphatic rings. The smallest absolute Gasteiger partial charge is 0.120 e. The second-order valence-corrected chi connectivity index (χ2v) is 6.10. The molecule has 0 N–H and O–H groups in total. The van der Waals surface area contributed by atoms with E-state index in [4.69, 9.17) is 4.74 Å². The zero-order valence-corrected chi connectivity index (χ0v) is 13.6. The first kappa shape index (κ1) is 14.8. The third kappa shape index (κ3) is 3.25. The van der Waals surface area contributed by atoms with Gasteiger partial charge in [0.05, 0.1) is 0 Å². The molecule has 0 radical (unpaired) electrons. The van der Waals surface area contributed by atoms with Crippen molar-refractivity contribution in [1.82, 2.24) is 9.55 Å². The number of allylic oxidation sites excluding steroid dienone is 3. The van der Waals surface area contributed by atoms with Crippen molar-refractivity contribution in [2.24, 2.45) is 0 Å². The molecule has 0 saturated carbocycles. The molecule has 2 aromatic heterocycles. The zero-order valence-electron chi connectivity index (χ0n) is 13.6. The molecule has 0 saturated heterocycles. The van der Waals surface area contributed by atoms with E-state index < -0.39 is 0 Å². The van der Waals surface area contributed by atoms with Crippen LogP contribution in [0, 0.1) is 0 Å². The van der Waals surface area contributed by atoms with Gasteiger partial charge in [-0.1, -0.05) is 18.2 Å². The molecule has 3 nitrogen and oxygen atoms in total. The second kappa shape index (κ2) is 6.75. The van der Waals surface area contributed by atoms with Gasteiger partial charge in [-0.15, -0.1) is 0 Å². The molecule has 0 spiro atoms. The number of benzene rings is 1. The van der Waals surface area contributed by atoms with Crippen LogP contribution in [0.4, 0.5) is 0 Å². The third-order valence-electron chi connectivity index (χ3n) is 4.37. The van der Waals surface area contributed by atoms with Gasteiger partial charge in [-0.2, -0.15) is 0 Å². The fourth-order valence-corrected chi connectivity index (χ4v) is 3.04. The molecule has 24 heavy (non-hydrogen) atoms. The zero-order chi connectivity index (χ0) is 16.2. The minimum Gasteiger partial charge on any atom is -0.489 e. The van der Waals surface area contributed by atoms with E-state index in [0.29, 0.717) is 6.61 Å². The molecule has 0 atom stereocenters. The highest BCUT2D eigenvalue weighted by Gasteiger charge is 2.05. The van der Waals surface area contributed by atoms with E-state index >= 15 is 0 Å². The Morgan fingerprint density at radius 3 is 2.83 bits per heavy atom. The first-order valence-electron chi connectivity index (χ1n) is 8.34. The predicted molar refractivity (Wildman–Crippen MR) is 97.2 cm³/mol. The summed E-state index contributed by atoms with van der Waals surface area (Å²) in [5, 5.41) is 1.21. The number of nitrogens with zero attached hydrogens (tertiary/aromatic N) is 2. The molecule has 0 unspecified atom stereocenters. The van der Waals surface area contributed by atoms with Crippen LogP contribution < -0.4 is 4.74 Å². The summed E-state index contributed by atoms with van der Waals surface area (Å²) < 4.78 is 8.21. The Balaban J connectivity index is 1.50. The van der Waals surface area contributed by atoms with Gasteiger partial charge < -0.3 is 9.30 Å². The average Bonchev–Trinajstić information content (AvgIpc) is 3.04. The van der Waals surface area contributed by atoms with Crippen LogP contribution in [0.1, 0.15) is 18.4 Å². The second-order valence-electron chi connectivity index (χ2n) is 6.10. The first-order valence-corrected chi connectivity index (χ1v) is 8.34. The maximum absolute atomic E-state index is 5.96. The topological polar surface area (TPSA) is 27.1 Å². The molecule has 3 aromatic rings. The van der Waals surface area contributed by atoms with E-state index in [-0.39, 0.29) is 0 Å². The van der Waals surface area contributed by atoms with Gasteiger partial charge >= 0.3 is 0 Å². The van der Waals surface area contributed by atoms with E-state index in [1.54, 1.807) is 0 Å². The first-order chi connectivity index (χ1) is 11.9. The molecule has 120 valence electrons. The molecular weight excluding hydrogens is 296 g/mol. The lowest BCUT2D eigenvalue weighted by atomic mass is 10.1. The van der Waals surface area contributed by atoms with Gasteiger partial charge in [0.2, 0.25) is 0 Å². The highest BCUT2D eigenvalue weighted by atomic mass is 16.5. The number of aromatic nitrogens is 2. The molecule has 2 heterocycles. The lowest BCUT2D eigenvalue weighted by Gasteiger charge is -2.11. The molecule has 0 bridgehead atoms. The number of fused-ring (bicyclic) bond motifs is 1. The van der Waals surface area contributed by atoms with E-state index in [1.807, 2.05) is 12.4 Å². The molecule has 4 rings (SSSR count). The van der Waals surface area contributed by atoms with Crippen molar-refractivity contribution in [2.75, 3.05) is 6.61 Å². The van der Waals surface area contributed by atoms with Crippen LogP contribution in [0.2, 0.25) is 0 Å². The van der Waals surface area contributed by atoms with E-state index in [0.717, 1.165) is 25.1 Å². The Morgan fingerprint density at radius 2 is 2.00 bits per heavy atom. The van der Waals surface area contributed by atoms with Crippen molar-refractivity contribution in [2.45, 2.75) is 19.4 Å². The predicted octanol–water partition coefficient (Wildman–Crippen LogP) is 4.74. The molecule has 1 aromatic carbocycles. The van der Waals surface area contributed by atoms with Crippen LogP contribution in [0.25, 0.3) is 10.9 Å². The Hall–Kier alpha value is -2.81. The van der Waals surface area contributed by atoms with Crippen molar-refractivity contribution in [3.8, 4) is 5.75 Å². The maximum Gasteiger partial charge on any atom is 0.120 e. The highest BCUT2D eigenvalue weighted by molar-refractivity contribution is 5.81. The summed E-state index contributed by atoms with van der Waals surface area (Å²) in [5.41, 5.74) is 3.83. The largest absolute Gasteiger partial charge is 0.489 e. The summed E-state index contributed by atoms with van der Waals surface area (Å²) in [5.74, 6) is 0.930. The van der Waals surface area contributed by atoms with Crippen LogP contribution in [0.5, 0.6) is 5.75 Å². The van der Waals surface area contributed by atoms with Crippen molar-refractivity contribution >= 4 is 10.9 Å². The summed E-state index contributed by atoms with van der Waals surface area (Å²) >= 11 is 0. The summed E-state index contributed by atoms with van der Waals surface area (Å²) in [4.78, 5) is 4.07. The molecule has 0 fully saturated rings. The molecule has 0 aliphatic heterocycles. The Bertz CT molecular complexity index is 891. The minimum atomic E-state index is 0.674. The summed E-state index contributed by atoms with van der Waals surface area (Å²) in [6.45, 7) is 1.53. The van der Waals surface area contributed by atoms with Crippen molar-refractivity contribution < 1.29 is 4.74 Å². The van der Waals surface area contributed by atoms with Crippen LogP contribution >= 0.6 is 0 Å². The lowest BCUT2D eigenvalue weighted by Crippen LogP contribution is -2.02.